The van der Waals surface area contributed by atoms with E-state index < -0.39 is 11.7 Å². The Morgan fingerprint density at radius 3 is 2.77 bits per heavy atom. The molecular weight excluding hydrogens is 347 g/mol. The zero-order chi connectivity index (χ0) is 18.7. The Bertz CT molecular complexity index is 793. The van der Waals surface area contributed by atoms with E-state index in [0.717, 1.165) is 38.1 Å². The summed E-state index contributed by atoms with van der Waals surface area (Å²) in [6.45, 7) is 6.03. The molecule has 1 aromatic carbocycles. The Hall–Kier alpha value is -2.42. The number of hydrogen-bond acceptors (Lipinski definition) is 3. The second kappa shape index (κ2) is 7.45. The van der Waals surface area contributed by atoms with Crippen LogP contribution in [0.1, 0.15) is 24.4 Å². The summed E-state index contributed by atoms with van der Waals surface area (Å²) in [5.74, 6) is -0.00997. The van der Waals surface area contributed by atoms with Crippen LogP contribution in [0.4, 0.5) is 13.2 Å². The number of carbonyl (C=O) groups excluding carboxylic acids is 1. The predicted molar refractivity (Wildman–Crippen MR) is 89.6 cm³/mol. The zero-order valence-corrected chi connectivity index (χ0v) is 14.2. The number of carbonyl (C=O) groups is 1. The van der Waals surface area contributed by atoms with Crippen LogP contribution in [0.2, 0.25) is 0 Å². The van der Waals surface area contributed by atoms with E-state index in [4.69, 9.17) is 0 Å². The molecule has 1 aromatic heterocycles. The number of aromatic nitrogens is 3. The van der Waals surface area contributed by atoms with Crippen molar-refractivity contribution >= 4 is 16.9 Å². The third-order valence-corrected chi connectivity index (χ3v) is 4.66. The van der Waals surface area contributed by atoms with Crippen molar-refractivity contribution in [2.24, 2.45) is 0 Å². The molecule has 26 heavy (non-hydrogen) atoms. The van der Waals surface area contributed by atoms with Crippen molar-refractivity contribution < 1.29 is 22.9 Å². The van der Waals surface area contributed by atoms with Gasteiger partial charge in [-0.2, -0.15) is 13.2 Å². The molecule has 1 aliphatic heterocycles. The largest absolute Gasteiger partial charge is 0.416 e. The molecule has 0 spiro atoms. The van der Waals surface area contributed by atoms with Gasteiger partial charge in [0.15, 0.2) is 6.54 Å². The fraction of sp³-hybridized carbons (Fsp3) is 0.471. The zero-order valence-electron chi connectivity index (χ0n) is 14.2. The Labute approximate surface area is 148 Å². The summed E-state index contributed by atoms with van der Waals surface area (Å²) >= 11 is 0. The molecule has 1 amide bonds. The van der Waals surface area contributed by atoms with Gasteiger partial charge in [0.1, 0.15) is 5.52 Å². The summed E-state index contributed by atoms with van der Waals surface area (Å²) in [6, 6.07) is 3.60. The number of nitrogens with one attached hydrogen (secondary N) is 2. The lowest BCUT2D eigenvalue weighted by molar-refractivity contribution is -0.897. The van der Waals surface area contributed by atoms with Crippen molar-refractivity contribution in [2.45, 2.75) is 25.1 Å². The fourth-order valence-electron chi connectivity index (χ4n) is 3.30. The molecular formula is C17H21F3N5O+. The average molecular weight is 368 g/mol. The molecule has 140 valence electrons. The minimum Gasteiger partial charge on any atom is -0.348 e. The van der Waals surface area contributed by atoms with Gasteiger partial charge in [0.2, 0.25) is 0 Å². The molecule has 0 radical (unpaired) electrons. The molecule has 0 atom stereocenters. The number of hydrogen-bond donors (Lipinski definition) is 2. The molecule has 0 aliphatic carbocycles. The standard InChI is InChI=1S/C17H20F3N5O/c1-2-7-21-16(26)11-24-8-5-13(6-9-24)25-15-4-3-12(17(18,19)20)10-14(15)22-23-25/h2-4,10,13H,1,5-9,11H2,(H,21,26)/p+1. The Kier molecular flexibility index (Phi) is 5.26. The lowest BCUT2D eigenvalue weighted by atomic mass is 10.0. The molecule has 1 fully saturated rings. The number of benzene rings is 1. The number of halogens is 3. The summed E-state index contributed by atoms with van der Waals surface area (Å²) in [4.78, 5) is 13.0. The highest BCUT2D eigenvalue weighted by molar-refractivity contribution is 5.77. The number of quaternary nitrogens is 1. The van der Waals surface area contributed by atoms with Crippen molar-refractivity contribution in [1.82, 2.24) is 20.3 Å². The van der Waals surface area contributed by atoms with Crippen LogP contribution < -0.4 is 10.2 Å². The first-order valence-corrected chi connectivity index (χ1v) is 8.52. The van der Waals surface area contributed by atoms with Crippen molar-refractivity contribution in [3.63, 3.8) is 0 Å². The highest BCUT2D eigenvalue weighted by atomic mass is 19.4. The van der Waals surface area contributed by atoms with Crippen LogP contribution in [-0.4, -0.2) is 47.1 Å². The summed E-state index contributed by atoms with van der Waals surface area (Å²) in [7, 11) is 0. The molecule has 2 aromatic rings. The maximum absolute atomic E-state index is 12.8. The minimum atomic E-state index is -4.39. The summed E-state index contributed by atoms with van der Waals surface area (Å²) in [5.41, 5.74) is 0.135. The molecule has 0 unspecified atom stereocenters. The fourth-order valence-corrected chi connectivity index (χ4v) is 3.30. The van der Waals surface area contributed by atoms with Gasteiger partial charge in [0.25, 0.3) is 5.91 Å². The topological polar surface area (TPSA) is 64.2 Å². The van der Waals surface area contributed by atoms with Crippen LogP contribution >= 0.6 is 0 Å². The van der Waals surface area contributed by atoms with Gasteiger partial charge in [0.05, 0.1) is 30.2 Å². The van der Waals surface area contributed by atoms with Crippen molar-refractivity contribution in [3.8, 4) is 0 Å². The van der Waals surface area contributed by atoms with Gasteiger partial charge in [-0.1, -0.05) is 11.3 Å². The maximum Gasteiger partial charge on any atom is 0.416 e. The van der Waals surface area contributed by atoms with Crippen molar-refractivity contribution in [2.75, 3.05) is 26.2 Å². The average Bonchev–Trinajstić information content (AvgIpc) is 3.03. The summed E-state index contributed by atoms with van der Waals surface area (Å²) in [6.07, 6.45) is -1.16. The van der Waals surface area contributed by atoms with Crippen LogP contribution in [0.25, 0.3) is 11.0 Å². The van der Waals surface area contributed by atoms with E-state index in [1.807, 2.05) is 0 Å². The monoisotopic (exact) mass is 368 g/mol. The van der Waals surface area contributed by atoms with E-state index in [-0.39, 0.29) is 17.5 Å². The summed E-state index contributed by atoms with van der Waals surface area (Å²) < 4.78 is 40.1. The molecule has 1 aliphatic rings. The third-order valence-electron chi connectivity index (χ3n) is 4.66. The third kappa shape index (κ3) is 4.04. The van der Waals surface area contributed by atoms with E-state index >= 15 is 0 Å². The van der Waals surface area contributed by atoms with Gasteiger partial charge in [-0.25, -0.2) is 4.68 Å². The minimum absolute atomic E-state index is 0.00997. The number of nitrogens with zero attached hydrogens (tertiary/aromatic N) is 3. The first-order valence-electron chi connectivity index (χ1n) is 8.52. The van der Waals surface area contributed by atoms with Crippen LogP contribution in [0, 0.1) is 0 Å². The number of rotatable bonds is 5. The van der Waals surface area contributed by atoms with E-state index in [2.05, 4.69) is 22.2 Å². The molecule has 1 saturated heterocycles. The van der Waals surface area contributed by atoms with Gasteiger partial charge in [-0.05, 0) is 18.2 Å². The van der Waals surface area contributed by atoms with Crippen LogP contribution in [0.5, 0.6) is 0 Å². The normalized spacial score (nSPS) is 20.9. The number of likely N-dealkylation sites (tertiary alicyclic amines) is 1. The number of amides is 1. The van der Waals surface area contributed by atoms with Crippen LogP contribution in [0.15, 0.2) is 30.9 Å². The van der Waals surface area contributed by atoms with Gasteiger partial charge >= 0.3 is 6.18 Å². The molecule has 3 rings (SSSR count). The number of piperidine rings is 1. The van der Waals surface area contributed by atoms with Gasteiger partial charge in [-0.3, -0.25) is 4.79 Å². The van der Waals surface area contributed by atoms with E-state index in [0.29, 0.717) is 18.6 Å². The second-order valence-corrected chi connectivity index (χ2v) is 6.49. The Morgan fingerprint density at radius 2 is 2.12 bits per heavy atom. The SMILES string of the molecule is C=CCNC(=O)C[NH+]1CCC(n2nnc3cc(C(F)(F)F)ccc32)CC1. The van der Waals surface area contributed by atoms with Crippen LogP contribution in [0.3, 0.4) is 0 Å². The molecule has 2 heterocycles. The number of fused-ring (bicyclic) bond motifs is 1. The number of alkyl halides is 3. The van der Waals surface area contributed by atoms with E-state index in [9.17, 15) is 18.0 Å². The maximum atomic E-state index is 12.8. The lowest BCUT2D eigenvalue weighted by Gasteiger charge is -2.29. The first-order chi connectivity index (χ1) is 12.4. The first kappa shape index (κ1) is 18.4. The second-order valence-electron chi connectivity index (χ2n) is 6.49. The quantitative estimate of drug-likeness (QED) is 0.773. The summed E-state index contributed by atoms with van der Waals surface area (Å²) in [5, 5.41) is 10.7. The predicted octanol–water partition coefficient (Wildman–Crippen LogP) is 0.972. The van der Waals surface area contributed by atoms with E-state index in [1.54, 1.807) is 10.8 Å². The molecule has 0 saturated carbocycles. The van der Waals surface area contributed by atoms with Gasteiger partial charge in [0, 0.05) is 19.4 Å². The van der Waals surface area contributed by atoms with Crippen LogP contribution in [-0.2, 0) is 11.0 Å². The lowest BCUT2D eigenvalue weighted by Crippen LogP contribution is -3.14. The highest BCUT2D eigenvalue weighted by Crippen LogP contribution is 2.31. The molecule has 2 N–H and O–H groups in total. The Morgan fingerprint density at radius 1 is 1.38 bits per heavy atom. The van der Waals surface area contributed by atoms with E-state index in [1.165, 1.54) is 11.0 Å². The van der Waals surface area contributed by atoms with Gasteiger partial charge in [-0.15, -0.1) is 11.7 Å². The molecule has 9 heteroatoms. The van der Waals surface area contributed by atoms with Crippen molar-refractivity contribution in [3.05, 3.63) is 36.4 Å². The highest BCUT2D eigenvalue weighted by Gasteiger charge is 2.32. The smallest absolute Gasteiger partial charge is 0.348 e. The van der Waals surface area contributed by atoms with Crippen molar-refractivity contribution in [1.29, 1.82) is 0 Å². The molecule has 6 nitrogen and oxygen atoms in total. The molecule has 0 bridgehead atoms. The Balaban J connectivity index is 1.64. The van der Waals surface area contributed by atoms with Gasteiger partial charge < -0.3 is 10.2 Å².